The molecule has 0 unspecified atom stereocenters. The van der Waals surface area contributed by atoms with Crippen LogP contribution in [0.5, 0.6) is 5.75 Å². The minimum absolute atomic E-state index is 0.103. The fourth-order valence-electron chi connectivity index (χ4n) is 3.17. The van der Waals surface area contributed by atoms with Gasteiger partial charge in [0.15, 0.2) is 0 Å². The number of hydrogen-bond donors (Lipinski definition) is 2. The number of aromatic nitrogens is 1. The van der Waals surface area contributed by atoms with Crippen molar-refractivity contribution in [1.29, 1.82) is 0 Å². The Morgan fingerprint density at radius 1 is 1.21 bits per heavy atom. The smallest absolute Gasteiger partial charge is 0.252 e. The van der Waals surface area contributed by atoms with E-state index in [1.165, 1.54) is 0 Å². The van der Waals surface area contributed by atoms with Gasteiger partial charge in [-0.2, -0.15) is 0 Å². The van der Waals surface area contributed by atoms with Gasteiger partial charge in [-0.25, -0.2) is 0 Å². The molecule has 7 nitrogen and oxygen atoms in total. The maximum atomic E-state index is 12.4. The van der Waals surface area contributed by atoms with Crippen LogP contribution in [0.15, 0.2) is 42.7 Å². The van der Waals surface area contributed by atoms with Crippen LogP contribution in [0.4, 0.5) is 5.69 Å². The molecular weight excluding hydrogens is 356 g/mol. The van der Waals surface area contributed by atoms with Gasteiger partial charge in [0.2, 0.25) is 0 Å². The van der Waals surface area contributed by atoms with E-state index < -0.39 is 0 Å². The number of nitrogens with one attached hydrogen (secondary N) is 2. The van der Waals surface area contributed by atoms with Gasteiger partial charge in [0, 0.05) is 45.1 Å². The molecule has 0 radical (unpaired) electrons. The highest BCUT2D eigenvalue weighted by atomic mass is 16.5. The summed E-state index contributed by atoms with van der Waals surface area (Å²) in [7, 11) is 1.68. The Kier molecular flexibility index (Phi) is 7.63. The molecule has 1 fully saturated rings. The zero-order chi connectivity index (χ0) is 19.6. The summed E-state index contributed by atoms with van der Waals surface area (Å²) in [6.07, 6.45) is 4.14. The van der Waals surface area contributed by atoms with E-state index in [1.54, 1.807) is 19.5 Å². The number of pyridine rings is 1. The minimum atomic E-state index is -0.103. The van der Waals surface area contributed by atoms with E-state index in [0.717, 1.165) is 62.8 Å². The lowest BCUT2D eigenvalue weighted by Crippen LogP contribution is -2.41. The molecule has 2 N–H and O–H groups in total. The predicted octanol–water partition coefficient (Wildman–Crippen LogP) is 1.81. The lowest BCUT2D eigenvalue weighted by Gasteiger charge is -2.26. The first-order valence-corrected chi connectivity index (χ1v) is 9.65. The topological polar surface area (TPSA) is 75.7 Å². The largest absolute Gasteiger partial charge is 0.496 e. The zero-order valence-corrected chi connectivity index (χ0v) is 16.3. The van der Waals surface area contributed by atoms with E-state index in [2.05, 4.69) is 26.6 Å². The Morgan fingerprint density at radius 2 is 2.04 bits per heavy atom. The second kappa shape index (κ2) is 10.6. The summed E-state index contributed by atoms with van der Waals surface area (Å²) in [5.74, 6) is 0.782. The Labute approximate surface area is 166 Å². The molecule has 0 spiro atoms. The van der Waals surface area contributed by atoms with E-state index in [1.807, 2.05) is 24.3 Å². The van der Waals surface area contributed by atoms with Gasteiger partial charge < -0.3 is 20.1 Å². The van der Waals surface area contributed by atoms with Crippen LogP contribution in [-0.2, 0) is 11.2 Å². The zero-order valence-electron chi connectivity index (χ0n) is 16.3. The first-order chi connectivity index (χ1) is 13.8. The van der Waals surface area contributed by atoms with Crippen molar-refractivity contribution in [3.05, 3.63) is 53.9 Å². The van der Waals surface area contributed by atoms with Crippen molar-refractivity contribution in [2.24, 2.45) is 0 Å². The summed E-state index contributed by atoms with van der Waals surface area (Å²) in [4.78, 5) is 18.9. The van der Waals surface area contributed by atoms with Gasteiger partial charge in [-0.15, -0.1) is 0 Å². The van der Waals surface area contributed by atoms with Crippen molar-refractivity contribution < 1.29 is 14.3 Å². The maximum absolute atomic E-state index is 12.4. The Balaban J connectivity index is 1.45. The Morgan fingerprint density at radius 3 is 2.86 bits per heavy atom. The SMILES string of the molecule is COc1ccccc1CCNc1cncc(C(=O)NCCN2CCOCC2)c1. The third-order valence-corrected chi connectivity index (χ3v) is 4.73. The van der Waals surface area contributed by atoms with Crippen LogP contribution in [0.3, 0.4) is 0 Å². The number of para-hydroxylation sites is 1. The molecule has 1 amide bonds. The van der Waals surface area contributed by atoms with Crippen molar-refractivity contribution in [2.75, 3.05) is 58.4 Å². The van der Waals surface area contributed by atoms with Crippen LogP contribution < -0.4 is 15.4 Å². The molecule has 1 aromatic carbocycles. The fourth-order valence-corrected chi connectivity index (χ4v) is 3.17. The molecule has 28 heavy (non-hydrogen) atoms. The van der Waals surface area contributed by atoms with E-state index >= 15 is 0 Å². The third-order valence-electron chi connectivity index (χ3n) is 4.73. The van der Waals surface area contributed by atoms with E-state index in [4.69, 9.17) is 9.47 Å². The van der Waals surface area contributed by atoms with E-state index in [0.29, 0.717) is 12.1 Å². The van der Waals surface area contributed by atoms with Crippen molar-refractivity contribution in [1.82, 2.24) is 15.2 Å². The first kappa shape index (κ1) is 20.1. The molecular formula is C21H28N4O3. The fraction of sp³-hybridized carbons (Fsp3) is 0.429. The molecule has 7 heteroatoms. The maximum Gasteiger partial charge on any atom is 0.252 e. The van der Waals surface area contributed by atoms with Gasteiger partial charge in [-0.1, -0.05) is 18.2 Å². The predicted molar refractivity (Wildman–Crippen MR) is 109 cm³/mol. The van der Waals surface area contributed by atoms with Gasteiger partial charge in [-0.05, 0) is 24.1 Å². The number of amides is 1. The minimum Gasteiger partial charge on any atom is -0.496 e. The van der Waals surface area contributed by atoms with Gasteiger partial charge in [0.05, 0.1) is 31.6 Å². The molecule has 0 aliphatic carbocycles. The third kappa shape index (κ3) is 5.94. The average molecular weight is 384 g/mol. The van der Waals surface area contributed by atoms with Crippen LogP contribution in [0.2, 0.25) is 0 Å². The van der Waals surface area contributed by atoms with Crippen LogP contribution in [-0.4, -0.2) is 68.8 Å². The summed E-state index contributed by atoms with van der Waals surface area (Å²) in [6, 6.07) is 9.80. The molecule has 1 aliphatic heterocycles. The van der Waals surface area contributed by atoms with Crippen molar-refractivity contribution in [3.8, 4) is 5.75 Å². The summed E-state index contributed by atoms with van der Waals surface area (Å²) in [5.41, 5.74) is 2.53. The van der Waals surface area contributed by atoms with Gasteiger partial charge in [-0.3, -0.25) is 14.7 Å². The van der Waals surface area contributed by atoms with E-state index in [-0.39, 0.29) is 5.91 Å². The number of ether oxygens (including phenoxy) is 2. The van der Waals surface area contributed by atoms with Crippen molar-refractivity contribution in [3.63, 3.8) is 0 Å². The van der Waals surface area contributed by atoms with Gasteiger partial charge >= 0.3 is 0 Å². The number of methoxy groups -OCH3 is 1. The molecule has 3 rings (SSSR count). The number of anilines is 1. The standard InChI is InChI=1S/C21H28N4O3/c1-27-20-5-3-2-4-17(20)6-7-23-19-14-18(15-22-16-19)21(26)24-8-9-25-10-12-28-13-11-25/h2-5,14-16,23H,6-13H2,1H3,(H,24,26). The average Bonchev–Trinajstić information content (AvgIpc) is 2.75. The van der Waals surface area contributed by atoms with Crippen molar-refractivity contribution >= 4 is 11.6 Å². The molecule has 0 saturated carbocycles. The molecule has 1 aromatic heterocycles. The Bertz CT molecular complexity index is 763. The number of nitrogens with zero attached hydrogens (tertiary/aromatic N) is 2. The quantitative estimate of drug-likeness (QED) is 0.687. The number of benzene rings is 1. The van der Waals surface area contributed by atoms with Crippen LogP contribution in [0.1, 0.15) is 15.9 Å². The number of carbonyl (C=O) groups is 1. The highest BCUT2D eigenvalue weighted by molar-refractivity contribution is 5.94. The highest BCUT2D eigenvalue weighted by Gasteiger charge is 2.11. The van der Waals surface area contributed by atoms with Crippen molar-refractivity contribution in [2.45, 2.75) is 6.42 Å². The number of hydrogen-bond acceptors (Lipinski definition) is 6. The molecule has 2 heterocycles. The molecule has 150 valence electrons. The number of rotatable bonds is 9. The van der Waals surface area contributed by atoms with Gasteiger partial charge in [0.1, 0.15) is 5.75 Å². The molecule has 1 saturated heterocycles. The summed E-state index contributed by atoms with van der Waals surface area (Å²) < 4.78 is 10.7. The molecule has 1 aliphatic rings. The number of carbonyl (C=O) groups excluding carboxylic acids is 1. The van der Waals surface area contributed by atoms with Crippen LogP contribution >= 0.6 is 0 Å². The Hall–Kier alpha value is -2.64. The van der Waals surface area contributed by atoms with Gasteiger partial charge in [0.25, 0.3) is 5.91 Å². The van der Waals surface area contributed by atoms with Crippen LogP contribution in [0, 0.1) is 0 Å². The summed E-state index contributed by atoms with van der Waals surface area (Å²) in [6.45, 7) is 5.54. The lowest BCUT2D eigenvalue weighted by atomic mass is 10.1. The second-order valence-electron chi connectivity index (χ2n) is 6.66. The second-order valence-corrected chi connectivity index (χ2v) is 6.66. The lowest BCUT2D eigenvalue weighted by molar-refractivity contribution is 0.0383. The monoisotopic (exact) mass is 384 g/mol. The molecule has 0 atom stereocenters. The van der Waals surface area contributed by atoms with E-state index in [9.17, 15) is 4.79 Å². The first-order valence-electron chi connectivity index (χ1n) is 9.65. The molecule has 0 bridgehead atoms. The number of morpholine rings is 1. The molecule has 2 aromatic rings. The highest BCUT2D eigenvalue weighted by Crippen LogP contribution is 2.18. The summed E-state index contributed by atoms with van der Waals surface area (Å²) >= 11 is 0. The summed E-state index contributed by atoms with van der Waals surface area (Å²) in [5, 5.41) is 6.29. The normalized spacial score (nSPS) is 14.5. The van der Waals surface area contributed by atoms with Crippen LogP contribution in [0.25, 0.3) is 0 Å².